The lowest BCUT2D eigenvalue weighted by Crippen LogP contribution is -2.08. The molecular weight excluding hydrogens is 949 g/mol. The number of hydrogen-bond acceptors (Lipinski definition) is 13. The summed E-state index contributed by atoms with van der Waals surface area (Å²) in [4.78, 5) is 45.2. The number of carbonyl (C=O) groups excluding carboxylic acids is 3. The topological polar surface area (TPSA) is 151 Å². The minimum absolute atomic E-state index is 0.357. The van der Waals surface area contributed by atoms with Gasteiger partial charge in [0, 0.05) is 24.9 Å². The summed E-state index contributed by atoms with van der Waals surface area (Å²) in [5.41, 5.74) is 3.61. The molecule has 13 heteroatoms. The highest BCUT2D eigenvalue weighted by atomic mass is 16.5. The summed E-state index contributed by atoms with van der Waals surface area (Å²) >= 11 is 0. The Morgan fingerprint density at radius 3 is 1.31 bits per heavy atom. The van der Waals surface area contributed by atoms with E-state index in [1.54, 1.807) is 97.3 Å². The third-order valence-corrected chi connectivity index (χ3v) is 11.3. The smallest absolute Gasteiger partial charge is 0.343 e. The van der Waals surface area contributed by atoms with Crippen LogP contribution in [0.25, 0.3) is 12.2 Å². The highest BCUT2D eigenvalue weighted by Crippen LogP contribution is 2.21. The van der Waals surface area contributed by atoms with Crippen LogP contribution in [0.15, 0.2) is 146 Å². The molecule has 13 nitrogen and oxygen atoms in total. The van der Waals surface area contributed by atoms with Crippen LogP contribution in [0.4, 0.5) is 0 Å². The molecule has 0 amide bonds. The van der Waals surface area contributed by atoms with Crippen LogP contribution in [0.2, 0.25) is 0 Å². The molecule has 6 rings (SSSR count). The van der Waals surface area contributed by atoms with Crippen LogP contribution in [0.5, 0.6) is 34.5 Å². The van der Waals surface area contributed by atoms with Gasteiger partial charge in [-0.1, -0.05) is 68.2 Å². The van der Waals surface area contributed by atoms with Gasteiger partial charge in [-0.2, -0.15) is 0 Å². The van der Waals surface area contributed by atoms with Crippen molar-refractivity contribution in [1.82, 2.24) is 9.97 Å². The molecule has 0 atom stereocenters. The molecule has 0 spiro atoms. The number of rotatable bonds is 32. The second kappa shape index (κ2) is 32.8. The van der Waals surface area contributed by atoms with E-state index >= 15 is 0 Å². The van der Waals surface area contributed by atoms with E-state index in [4.69, 9.17) is 37.9 Å². The summed E-state index contributed by atoms with van der Waals surface area (Å²) in [7, 11) is 0. The van der Waals surface area contributed by atoms with E-state index in [0.717, 1.165) is 107 Å². The van der Waals surface area contributed by atoms with E-state index in [2.05, 4.69) is 28.4 Å². The van der Waals surface area contributed by atoms with Gasteiger partial charge in [0.1, 0.15) is 28.7 Å². The SMILES string of the molecule is C=CC(=O)OCCCCCCOc1cnc(C#Cc2ccc(OC(=O)c3ccc(OCCCCCCCOc4ccc(C(=O)Oc5ccc(/C=C/c6ccc(OCCCCOCC)cc6)cc5)cc4)cc3)cc2)nc1. The Morgan fingerprint density at radius 2 is 0.840 bits per heavy atom. The van der Waals surface area contributed by atoms with Crippen LogP contribution in [-0.4, -0.2) is 74.1 Å². The van der Waals surface area contributed by atoms with Gasteiger partial charge >= 0.3 is 17.9 Å². The Kier molecular flexibility index (Phi) is 24.5. The van der Waals surface area contributed by atoms with Crippen molar-refractivity contribution in [2.24, 2.45) is 0 Å². The fourth-order valence-corrected chi connectivity index (χ4v) is 7.15. The Bertz CT molecular complexity index is 2730. The van der Waals surface area contributed by atoms with E-state index in [-0.39, 0.29) is 0 Å². The van der Waals surface area contributed by atoms with Gasteiger partial charge in [-0.05, 0) is 172 Å². The molecule has 0 bridgehead atoms. The molecule has 75 heavy (non-hydrogen) atoms. The number of esters is 3. The molecule has 1 aromatic heterocycles. The molecule has 0 radical (unpaired) electrons. The van der Waals surface area contributed by atoms with Crippen LogP contribution in [0.3, 0.4) is 0 Å². The number of unbranched alkanes of at least 4 members (excludes halogenated alkanes) is 8. The van der Waals surface area contributed by atoms with Crippen LogP contribution in [0, 0.1) is 11.8 Å². The minimum atomic E-state index is -0.475. The summed E-state index contributed by atoms with van der Waals surface area (Å²) in [5.74, 6) is 8.67. The maximum absolute atomic E-state index is 12.8. The van der Waals surface area contributed by atoms with E-state index in [9.17, 15) is 14.4 Å². The molecule has 5 aromatic carbocycles. The summed E-state index contributed by atoms with van der Waals surface area (Å²) < 4.78 is 44.9. The maximum atomic E-state index is 12.8. The number of aromatic nitrogens is 2. The monoisotopic (exact) mass is 1010 g/mol. The lowest BCUT2D eigenvalue weighted by Gasteiger charge is -2.09. The normalized spacial score (nSPS) is 10.7. The van der Waals surface area contributed by atoms with Gasteiger partial charge in [0.15, 0.2) is 5.75 Å². The Labute approximate surface area is 440 Å². The summed E-state index contributed by atoms with van der Waals surface area (Å²) in [6.45, 7) is 9.65. The lowest BCUT2D eigenvalue weighted by molar-refractivity contribution is -0.137. The molecule has 390 valence electrons. The Morgan fingerprint density at radius 1 is 0.453 bits per heavy atom. The van der Waals surface area contributed by atoms with Crippen molar-refractivity contribution in [3.05, 3.63) is 180 Å². The first-order valence-corrected chi connectivity index (χ1v) is 25.7. The van der Waals surface area contributed by atoms with E-state index in [0.29, 0.717) is 84.3 Å². The number of ether oxygens (including phenoxy) is 8. The average molecular weight is 1020 g/mol. The van der Waals surface area contributed by atoms with Gasteiger partial charge in [0.05, 0.1) is 56.6 Å². The molecule has 0 aliphatic rings. The Balaban J connectivity index is 0.774. The number of carbonyl (C=O) groups is 3. The third-order valence-electron chi connectivity index (χ3n) is 11.3. The zero-order valence-corrected chi connectivity index (χ0v) is 42.8. The molecule has 0 N–H and O–H groups in total. The second-order valence-electron chi connectivity index (χ2n) is 17.2. The fourth-order valence-electron chi connectivity index (χ4n) is 7.15. The highest BCUT2D eigenvalue weighted by Gasteiger charge is 2.11. The van der Waals surface area contributed by atoms with Crippen molar-refractivity contribution in [1.29, 1.82) is 0 Å². The number of hydrogen-bond donors (Lipinski definition) is 0. The predicted molar refractivity (Wildman–Crippen MR) is 289 cm³/mol. The summed E-state index contributed by atoms with van der Waals surface area (Å²) in [6, 6.07) is 36.2. The lowest BCUT2D eigenvalue weighted by atomic mass is 10.1. The van der Waals surface area contributed by atoms with E-state index in [1.165, 1.54) is 0 Å². The molecule has 0 saturated carbocycles. The number of nitrogens with zero attached hydrogens (tertiary/aromatic N) is 2. The van der Waals surface area contributed by atoms with Crippen LogP contribution in [-0.2, 0) is 14.3 Å². The maximum Gasteiger partial charge on any atom is 0.343 e. The van der Waals surface area contributed by atoms with Gasteiger partial charge < -0.3 is 37.9 Å². The molecule has 0 aliphatic heterocycles. The fraction of sp³-hybridized carbons (Fsp3) is 0.306. The molecule has 0 unspecified atom stereocenters. The van der Waals surface area contributed by atoms with Crippen molar-refractivity contribution >= 4 is 30.1 Å². The standard InChI is InChI=1S/C62H66N2O11/c1-3-60(65)73-45-13-9-8-12-43-72-58-46-63-59(64-47-58)39-24-50-22-33-57(34-23-50)75-62(67)52-27-37-55(38-28-52)70-42-11-7-5-6-10-41-69-54-35-25-51(26-36-54)61(66)74-56-31-20-49(21-32-56)17-16-48-18-29-53(30-19-48)71-44-15-14-40-68-4-2/h3,16-23,25-38,46-47H,1,4-15,40-45H2,2H3/b17-16+. The molecule has 6 aromatic rings. The van der Waals surface area contributed by atoms with Crippen molar-refractivity contribution in [3.8, 4) is 46.3 Å². The minimum Gasteiger partial charge on any atom is -0.494 e. The van der Waals surface area contributed by atoms with Crippen molar-refractivity contribution in [2.45, 2.75) is 77.6 Å². The van der Waals surface area contributed by atoms with E-state index < -0.39 is 17.9 Å². The van der Waals surface area contributed by atoms with Crippen molar-refractivity contribution in [2.75, 3.05) is 46.2 Å². The van der Waals surface area contributed by atoms with Gasteiger partial charge in [0.2, 0.25) is 5.82 Å². The summed E-state index contributed by atoms with van der Waals surface area (Å²) in [6.07, 6.45) is 18.8. The zero-order chi connectivity index (χ0) is 52.6. The van der Waals surface area contributed by atoms with E-state index in [1.807, 2.05) is 55.5 Å². The molecular formula is C62H66N2O11. The first kappa shape index (κ1) is 56.1. The highest BCUT2D eigenvalue weighted by molar-refractivity contribution is 5.91. The first-order chi connectivity index (χ1) is 36.8. The molecule has 0 fully saturated rings. The third kappa shape index (κ3) is 21.8. The molecule has 1 heterocycles. The van der Waals surface area contributed by atoms with Gasteiger partial charge in [-0.25, -0.2) is 24.4 Å². The largest absolute Gasteiger partial charge is 0.494 e. The molecule has 0 saturated heterocycles. The average Bonchev–Trinajstić information content (AvgIpc) is 3.44. The summed E-state index contributed by atoms with van der Waals surface area (Å²) in [5, 5.41) is 0. The van der Waals surface area contributed by atoms with Gasteiger partial charge in [-0.15, -0.1) is 0 Å². The van der Waals surface area contributed by atoms with Gasteiger partial charge in [-0.3, -0.25) is 0 Å². The van der Waals surface area contributed by atoms with Crippen LogP contribution >= 0.6 is 0 Å². The van der Waals surface area contributed by atoms with Gasteiger partial charge in [0.25, 0.3) is 0 Å². The zero-order valence-electron chi connectivity index (χ0n) is 42.8. The second-order valence-corrected chi connectivity index (χ2v) is 17.2. The van der Waals surface area contributed by atoms with Crippen molar-refractivity contribution in [3.63, 3.8) is 0 Å². The molecule has 0 aliphatic carbocycles. The van der Waals surface area contributed by atoms with Crippen molar-refractivity contribution < 1.29 is 52.3 Å². The van der Waals surface area contributed by atoms with Crippen LogP contribution < -0.4 is 28.4 Å². The number of benzene rings is 5. The first-order valence-electron chi connectivity index (χ1n) is 25.7. The van der Waals surface area contributed by atoms with Crippen LogP contribution in [0.1, 0.15) is 121 Å². The predicted octanol–water partition coefficient (Wildman–Crippen LogP) is 12.8. The Hall–Kier alpha value is -8.21. The quantitative estimate of drug-likeness (QED) is 0.00985.